The second kappa shape index (κ2) is 10.1. The molecular formula is C19H19BrFN3O5. The van der Waals surface area contributed by atoms with Gasteiger partial charge in [-0.1, -0.05) is 35.0 Å². The van der Waals surface area contributed by atoms with Crippen LogP contribution in [-0.2, 0) is 20.9 Å². The zero-order chi connectivity index (χ0) is 21.6. The van der Waals surface area contributed by atoms with Gasteiger partial charge in [0.2, 0.25) is 5.91 Å². The number of hydrogen-bond acceptors (Lipinski definition) is 5. The van der Waals surface area contributed by atoms with Crippen LogP contribution >= 0.6 is 15.9 Å². The molecule has 2 unspecified atom stereocenters. The normalized spacial score (nSPS) is 12.8. The fourth-order valence-corrected chi connectivity index (χ4v) is 3.25. The van der Waals surface area contributed by atoms with E-state index in [2.05, 4.69) is 21.0 Å². The third-order valence-electron chi connectivity index (χ3n) is 4.25. The molecule has 0 saturated heterocycles. The number of carbonyl (C=O) groups excluding carboxylic acids is 2. The van der Waals surface area contributed by atoms with E-state index in [-0.39, 0.29) is 18.5 Å². The van der Waals surface area contributed by atoms with Crippen LogP contribution in [0.25, 0.3) is 0 Å². The lowest BCUT2D eigenvalue weighted by atomic mass is 9.96. The average Bonchev–Trinajstić information content (AvgIpc) is 2.68. The van der Waals surface area contributed by atoms with Gasteiger partial charge in [-0.15, -0.1) is 0 Å². The van der Waals surface area contributed by atoms with Gasteiger partial charge in [-0.25, -0.2) is 13.9 Å². The third-order valence-corrected chi connectivity index (χ3v) is 4.74. The first-order valence-electron chi connectivity index (χ1n) is 8.70. The molecule has 0 radical (unpaired) electrons. The van der Waals surface area contributed by atoms with Gasteiger partial charge in [0.15, 0.2) is 18.5 Å². The zero-order valence-electron chi connectivity index (χ0n) is 15.5. The number of amides is 1. The van der Waals surface area contributed by atoms with Crippen LogP contribution in [0.15, 0.2) is 45.8 Å². The molecule has 2 atom stereocenters. The summed E-state index contributed by atoms with van der Waals surface area (Å²) in [5, 5.41) is 15.1. The van der Waals surface area contributed by atoms with E-state index in [1.54, 1.807) is 6.92 Å². The van der Waals surface area contributed by atoms with Crippen LogP contribution in [0.5, 0.6) is 0 Å². The molecular weight excluding hydrogens is 449 g/mol. The fraction of sp³-hybridized carbons (Fsp3) is 0.316. The number of benzene rings is 1. The van der Waals surface area contributed by atoms with Crippen molar-refractivity contribution >= 4 is 33.6 Å². The summed E-state index contributed by atoms with van der Waals surface area (Å²) in [7, 11) is 0. The van der Waals surface area contributed by atoms with E-state index in [1.165, 1.54) is 16.9 Å². The van der Waals surface area contributed by atoms with E-state index in [1.807, 2.05) is 29.6 Å². The number of alkyl halides is 1. The Morgan fingerprint density at radius 2 is 2.03 bits per heavy atom. The topological polar surface area (TPSA) is 118 Å². The van der Waals surface area contributed by atoms with Crippen LogP contribution in [0.1, 0.15) is 30.4 Å². The van der Waals surface area contributed by atoms with Crippen LogP contribution in [0, 0.1) is 0 Å². The number of ketones is 1. The molecule has 1 heterocycles. The van der Waals surface area contributed by atoms with Gasteiger partial charge in [-0.2, -0.15) is 5.10 Å². The SMILES string of the molecule is CCC(C(=O)NC(C(=O)O)C(=O)CF)c1ccnn(Cc2cccc(Br)c2)c1=O. The fourth-order valence-electron chi connectivity index (χ4n) is 2.80. The standard InChI is InChI=1S/C19H19BrFN3O5/c1-2-13(17(26)23-16(19(28)29)15(25)9-21)14-6-7-22-24(18(14)27)10-11-4-3-5-12(20)8-11/h3-8,13,16H,2,9-10H2,1H3,(H,23,26)(H,28,29). The van der Waals surface area contributed by atoms with Crippen molar-refractivity contribution in [2.45, 2.75) is 31.8 Å². The number of halogens is 2. The van der Waals surface area contributed by atoms with E-state index in [4.69, 9.17) is 5.11 Å². The summed E-state index contributed by atoms with van der Waals surface area (Å²) in [6.45, 7) is 0.278. The number of nitrogens with zero attached hydrogens (tertiary/aromatic N) is 2. The Morgan fingerprint density at radius 1 is 1.31 bits per heavy atom. The van der Waals surface area contributed by atoms with Crippen LogP contribution < -0.4 is 10.9 Å². The van der Waals surface area contributed by atoms with Crippen molar-refractivity contribution in [3.63, 3.8) is 0 Å². The summed E-state index contributed by atoms with van der Waals surface area (Å²) in [5.74, 6) is -4.81. The van der Waals surface area contributed by atoms with E-state index < -0.39 is 41.9 Å². The number of rotatable bonds is 9. The highest BCUT2D eigenvalue weighted by molar-refractivity contribution is 9.10. The number of nitrogens with one attached hydrogen (secondary N) is 1. The Labute approximate surface area is 173 Å². The highest BCUT2D eigenvalue weighted by Crippen LogP contribution is 2.17. The lowest BCUT2D eigenvalue weighted by Gasteiger charge is -2.18. The highest BCUT2D eigenvalue weighted by atomic mass is 79.9. The van der Waals surface area contributed by atoms with Crippen LogP contribution in [0.3, 0.4) is 0 Å². The lowest BCUT2D eigenvalue weighted by molar-refractivity contribution is -0.146. The van der Waals surface area contributed by atoms with Gasteiger partial charge >= 0.3 is 5.97 Å². The summed E-state index contributed by atoms with van der Waals surface area (Å²) in [6, 6.07) is 6.66. The molecule has 0 spiro atoms. The van der Waals surface area contributed by atoms with Gasteiger partial charge in [0.05, 0.1) is 12.5 Å². The number of hydrogen-bond donors (Lipinski definition) is 2. The molecule has 2 rings (SSSR count). The molecule has 8 nitrogen and oxygen atoms in total. The van der Waals surface area contributed by atoms with E-state index in [0.29, 0.717) is 0 Å². The van der Waals surface area contributed by atoms with Crippen LogP contribution in [-0.4, -0.2) is 45.3 Å². The van der Waals surface area contributed by atoms with Crippen molar-refractivity contribution in [1.29, 1.82) is 0 Å². The predicted octanol–water partition coefficient (Wildman–Crippen LogP) is 1.66. The molecule has 2 aromatic rings. The maximum Gasteiger partial charge on any atom is 0.334 e. The minimum Gasteiger partial charge on any atom is -0.479 e. The molecule has 1 amide bonds. The number of Topliss-reactive ketones (excluding diaryl/α,β-unsaturated/α-hetero) is 1. The van der Waals surface area contributed by atoms with E-state index in [0.717, 1.165) is 10.0 Å². The smallest absolute Gasteiger partial charge is 0.334 e. The first kappa shape index (κ1) is 22.4. The van der Waals surface area contributed by atoms with Crippen molar-refractivity contribution in [1.82, 2.24) is 15.1 Å². The summed E-state index contributed by atoms with van der Waals surface area (Å²) in [6.07, 6.45) is 1.53. The molecule has 0 fully saturated rings. The second-order valence-electron chi connectivity index (χ2n) is 6.22. The quantitative estimate of drug-likeness (QED) is 0.541. The molecule has 154 valence electrons. The predicted molar refractivity (Wildman–Crippen MR) is 105 cm³/mol. The molecule has 0 saturated carbocycles. The molecule has 1 aromatic heterocycles. The van der Waals surface area contributed by atoms with Gasteiger partial charge in [-0.05, 0) is 30.2 Å². The van der Waals surface area contributed by atoms with E-state index >= 15 is 0 Å². The number of carboxylic acids is 1. The van der Waals surface area contributed by atoms with Gasteiger partial charge in [0.1, 0.15) is 0 Å². The molecule has 0 bridgehead atoms. The Kier molecular flexibility index (Phi) is 7.77. The molecule has 29 heavy (non-hydrogen) atoms. The molecule has 0 aliphatic heterocycles. The van der Waals surface area contributed by atoms with E-state index in [9.17, 15) is 23.6 Å². The minimum absolute atomic E-state index is 0.104. The highest BCUT2D eigenvalue weighted by Gasteiger charge is 2.31. The molecule has 10 heteroatoms. The number of carbonyl (C=O) groups is 3. The van der Waals surface area contributed by atoms with Crippen molar-refractivity contribution in [2.75, 3.05) is 6.67 Å². The van der Waals surface area contributed by atoms with Crippen molar-refractivity contribution in [3.8, 4) is 0 Å². The van der Waals surface area contributed by atoms with Gasteiger partial charge < -0.3 is 10.4 Å². The van der Waals surface area contributed by atoms with Crippen molar-refractivity contribution in [3.05, 3.63) is 62.5 Å². The summed E-state index contributed by atoms with van der Waals surface area (Å²) in [5.41, 5.74) is 0.396. The Balaban J connectivity index is 2.31. The summed E-state index contributed by atoms with van der Waals surface area (Å²) < 4.78 is 14.6. The van der Waals surface area contributed by atoms with Gasteiger partial charge in [-0.3, -0.25) is 14.4 Å². The first-order valence-corrected chi connectivity index (χ1v) is 9.50. The molecule has 2 N–H and O–H groups in total. The second-order valence-corrected chi connectivity index (χ2v) is 7.14. The van der Waals surface area contributed by atoms with Crippen molar-refractivity contribution in [2.24, 2.45) is 0 Å². The first-order chi connectivity index (χ1) is 13.8. The Hall–Kier alpha value is -2.88. The van der Waals surface area contributed by atoms with Crippen LogP contribution in [0.4, 0.5) is 4.39 Å². The van der Waals surface area contributed by atoms with Gasteiger partial charge in [0.25, 0.3) is 5.56 Å². The molecule has 0 aliphatic carbocycles. The van der Waals surface area contributed by atoms with Gasteiger partial charge in [0, 0.05) is 16.2 Å². The third kappa shape index (κ3) is 5.57. The zero-order valence-corrected chi connectivity index (χ0v) is 17.1. The maximum atomic E-state index is 12.8. The number of aliphatic carboxylic acids is 1. The van der Waals surface area contributed by atoms with Crippen LogP contribution in [0.2, 0.25) is 0 Å². The molecule has 1 aromatic carbocycles. The lowest BCUT2D eigenvalue weighted by Crippen LogP contribution is -2.49. The average molecular weight is 468 g/mol. The monoisotopic (exact) mass is 467 g/mol. The Morgan fingerprint density at radius 3 is 2.62 bits per heavy atom. The largest absolute Gasteiger partial charge is 0.479 e. The number of aromatic nitrogens is 2. The van der Waals surface area contributed by atoms with Crippen molar-refractivity contribution < 1.29 is 23.9 Å². The molecule has 0 aliphatic rings. The Bertz CT molecular complexity index is 978. The summed E-state index contributed by atoms with van der Waals surface area (Å²) in [4.78, 5) is 48.0. The maximum absolute atomic E-state index is 12.8. The minimum atomic E-state index is -2.01. The number of carboxylic acid groups (broad SMARTS) is 1. The summed E-state index contributed by atoms with van der Waals surface area (Å²) >= 11 is 3.35.